The molecule has 2 atom stereocenters. The summed E-state index contributed by atoms with van der Waals surface area (Å²) >= 11 is 0. The lowest BCUT2D eigenvalue weighted by atomic mass is 9.90. The Hall–Kier alpha value is -1.46. The summed E-state index contributed by atoms with van der Waals surface area (Å²) in [6, 6.07) is -0.0518. The summed E-state index contributed by atoms with van der Waals surface area (Å²) in [5.74, 6) is 1.24. The third kappa shape index (κ3) is 4.01. The van der Waals surface area contributed by atoms with Crippen molar-refractivity contribution in [1.29, 1.82) is 0 Å². The number of rotatable bonds is 3. The minimum Gasteiger partial charge on any atom is -0.453 e. The zero-order chi connectivity index (χ0) is 13.8. The molecular formula is C13H22N2O4. The van der Waals surface area contributed by atoms with Crippen LogP contribution in [0.1, 0.15) is 25.7 Å². The SMILES string of the molecule is COC(=O)NC1CC(CC2CC2)CN(C(=O)OC)C1. The fourth-order valence-electron chi connectivity index (χ4n) is 2.81. The van der Waals surface area contributed by atoms with Crippen LogP contribution >= 0.6 is 0 Å². The molecule has 108 valence electrons. The number of hydrogen-bond acceptors (Lipinski definition) is 4. The summed E-state index contributed by atoms with van der Waals surface area (Å²) in [6.07, 6.45) is 3.86. The van der Waals surface area contributed by atoms with Crippen LogP contribution in [0.2, 0.25) is 0 Å². The van der Waals surface area contributed by atoms with Gasteiger partial charge in [0.2, 0.25) is 0 Å². The fraction of sp³-hybridized carbons (Fsp3) is 0.846. The quantitative estimate of drug-likeness (QED) is 0.845. The maximum Gasteiger partial charge on any atom is 0.409 e. The molecule has 0 bridgehead atoms. The summed E-state index contributed by atoms with van der Waals surface area (Å²) in [5, 5.41) is 2.79. The van der Waals surface area contributed by atoms with Crippen molar-refractivity contribution in [3.8, 4) is 0 Å². The van der Waals surface area contributed by atoms with E-state index < -0.39 is 6.09 Å². The molecule has 0 aromatic rings. The molecule has 2 aliphatic rings. The maximum atomic E-state index is 11.7. The van der Waals surface area contributed by atoms with Crippen molar-refractivity contribution in [2.75, 3.05) is 27.3 Å². The number of carbonyl (C=O) groups excluding carboxylic acids is 2. The minimum absolute atomic E-state index is 0.0518. The number of hydrogen-bond donors (Lipinski definition) is 1. The molecule has 19 heavy (non-hydrogen) atoms. The van der Waals surface area contributed by atoms with E-state index in [1.165, 1.54) is 27.1 Å². The topological polar surface area (TPSA) is 67.9 Å². The standard InChI is InChI=1S/C13H22N2O4/c1-18-12(16)14-11-6-10(5-9-3-4-9)7-15(8-11)13(17)19-2/h9-11H,3-8H2,1-2H3,(H,14,16). The van der Waals surface area contributed by atoms with Gasteiger partial charge in [-0.05, 0) is 24.7 Å². The summed E-state index contributed by atoms with van der Waals surface area (Å²) in [4.78, 5) is 24.7. The summed E-state index contributed by atoms with van der Waals surface area (Å²) in [7, 11) is 2.73. The highest BCUT2D eigenvalue weighted by Crippen LogP contribution is 2.37. The van der Waals surface area contributed by atoms with Crippen molar-refractivity contribution in [2.45, 2.75) is 31.7 Å². The Bertz CT molecular complexity index is 344. The summed E-state index contributed by atoms with van der Waals surface area (Å²) < 4.78 is 9.40. The van der Waals surface area contributed by atoms with Gasteiger partial charge in [-0.3, -0.25) is 0 Å². The van der Waals surface area contributed by atoms with Crippen LogP contribution in [0.15, 0.2) is 0 Å². The molecular weight excluding hydrogens is 248 g/mol. The van der Waals surface area contributed by atoms with Gasteiger partial charge in [0.1, 0.15) is 0 Å². The summed E-state index contributed by atoms with van der Waals surface area (Å²) in [6.45, 7) is 1.21. The largest absolute Gasteiger partial charge is 0.453 e. The maximum absolute atomic E-state index is 11.7. The van der Waals surface area contributed by atoms with Gasteiger partial charge in [0, 0.05) is 13.1 Å². The van der Waals surface area contributed by atoms with E-state index in [1.807, 2.05) is 0 Å². The van der Waals surface area contributed by atoms with E-state index in [0.29, 0.717) is 12.5 Å². The van der Waals surface area contributed by atoms with Crippen LogP contribution in [0.25, 0.3) is 0 Å². The zero-order valence-corrected chi connectivity index (χ0v) is 11.6. The molecule has 1 saturated heterocycles. The second-order valence-electron chi connectivity index (χ2n) is 5.49. The van der Waals surface area contributed by atoms with Crippen molar-refractivity contribution in [2.24, 2.45) is 11.8 Å². The van der Waals surface area contributed by atoms with Crippen molar-refractivity contribution in [3.63, 3.8) is 0 Å². The molecule has 1 aliphatic carbocycles. The molecule has 1 aliphatic heterocycles. The van der Waals surface area contributed by atoms with Gasteiger partial charge in [0.25, 0.3) is 0 Å². The molecule has 0 radical (unpaired) electrons. The van der Waals surface area contributed by atoms with Crippen LogP contribution in [0.3, 0.4) is 0 Å². The van der Waals surface area contributed by atoms with Crippen molar-refractivity contribution >= 4 is 12.2 Å². The van der Waals surface area contributed by atoms with Gasteiger partial charge in [0.05, 0.1) is 20.3 Å². The molecule has 2 amide bonds. The lowest BCUT2D eigenvalue weighted by Crippen LogP contribution is -2.52. The van der Waals surface area contributed by atoms with Gasteiger partial charge in [-0.1, -0.05) is 12.8 Å². The molecule has 6 nitrogen and oxygen atoms in total. The Balaban J connectivity index is 1.93. The molecule has 2 rings (SSSR count). The highest BCUT2D eigenvalue weighted by molar-refractivity contribution is 5.69. The lowest BCUT2D eigenvalue weighted by molar-refractivity contribution is 0.0855. The molecule has 2 fully saturated rings. The van der Waals surface area contributed by atoms with E-state index >= 15 is 0 Å². The van der Waals surface area contributed by atoms with Gasteiger partial charge < -0.3 is 19.7 Å². The highest BCUT2D eigenvalue weighted by Gasteiger charge is 2.34. The first-order valence-corrected chi connectivity index (χ1v) is 6.79. The van der Waals surface area contributed by atoms with E-state index in [-0.39, 0.29) is 12.1 Å². The number of ether oxygens (including phenoxy) is 2. The highest BCUT2D eigenvalue weighted by atomic mass is 16.5. The van der Waals surface area contributed by atoms with Crippen LogP contribution in [0.4, 0.5) is 9.59 Å². The monoisotopic (exact) mass is 270 g/mol. The molecule has 1 heterocycles. The Morgan fingerprint density at radius 1 is 1.16 bits per heavy atom. The zero-order valence-electron chi connectivity index (χ0n) is 11.6. The Labute approximate surface area is 113 Å². The minimum atomic E-state index is -0.443. The fourth-order valence-corrected chi connectivity index (χ4v) is 2.81. The third-order valence-corrected chi connectivity index (χ3v) is 3.84. The second kappa shape index (κ2) is 6.12. The number of piperidine rings is 1. The molecule has 1 N–H and O–H groups in total. The third-order valence-electron chi connectivity index (χ3n) is 3.84. The molecule has 0 aromatic carbocycles. The number of nitrogens with zero attached hydrogens (tertiary/aromatic N) is 1. The number of amides is 2. The lowest BCUT2D eigenvalue weighted by Gasteiger charge is -2.37. The molecule has 0 spiro atoms. The van der Waals surface area contributed by atoms with Gasteiger partial charge in [-0.15, -0.1) is 0 Å². The first-order valence-electron chi connectivity index (χ1n) is 6.79. The number of likely N-dealkylation sites (tertiary alicyclic amines) is 1. The Morgan fingerprint density at radius 2 is 1.89 bits per heavy atom. The number of methoxy groups -OCH3 is 2. The van der Waals surface area contributed by atoms with Gasteiger partial charge in [0.15, 0.2) is 0 Å². The number of nitrogens with one attached hydrogen (secondary N) is 1. The predicted molar refractivity (Wildman–Crippen MR) is 68.8 cm³/mol. The molecule has 1 saturated carbocycles. The van der Waals surface area contributed by atoms with Crippen molar-refractivity contribution in [3.05, 3.63) is 0 Å². The number of alkyl carbamates (subject to hydrolysis) is 1. The Morgan fingerprint density at radius 3 is 2.47 bits per heavy atom. The second-order valence-corrected chi connectivity index (χ2v) is 5.49. The van der Waals surface area contributed by atoms with Gasteiger partial charge >= 0.3 is 12.2 Å². The Kier molecular flexibility index (Phi) is 4.50. The van der Waals surface area contributed by atoms with Crippen molar-refractivity contribution in [1.82, 2.24) is 10.2 Å². The molecule has 2 unspecified atom stereocenters. The smallest absolute Gasteiger partial charge is 0.409 e. The van der Waals surface area contributed by atoms with E-state index in [4.69, 9.17) is 4.74 Å². The van der Waals surface area contributed by atoms with Crippen LogP contribution in [0.5, 0.6) is 0 Å². The van der Waals surface area contributed by atoms with Crippen LogP contribution in [-0.2, 0) is 9.47 Å². The average Bonchev–Trinajstić information content (AvgIpc) is 3.21. The van der Waals surface area contributed by atoms with Crippen molar-refractivity contribution < 1.29 is 19.1 Å². The van der Waals surface area contributed by atoms with Gasteiger partial charge in [-0.2, -0.15) is 0 Å². The van der Waals surface area contributed by atoms with E-state index in [1.54, 1.807) is 4.90 Å². The normalized spacial score (nSPS) is 26.7. The van der Waals surface area contributed by atoms with E-state index in [9.17, 15) is 9.59 Å². The summed E-state index contributed by atoms with van der Waals surface area (Å²) in [5.41, 5.74) is 0. The first kappa shape index (κ1) is 14.0. The average molecular weight is 270 g/mol. The van der Waals surface area contributed by atoms with E-state index in [2.05, 4.69) is 10.1 Å². The van der Waals surface area contributed by atoms with Crippen LogP contribution in [-0.4, -0.2) is 50.4 Å². The van der Waals surface area contributed by atoms with E-state index in [0.717, 1.165) is 25.3 Å². The molecule has 6 heteroatoms. The first-order chi connectivity index (χ1) is 9.12. The predicted octanol–water partition coefficient (Wildman–Crippen LogP) is 1.60. The van der Waals surface area contributed by atoms with Gasteiger partial charge in [-0.25, -0.2) is 9.59 Å². The number of carbonyl (C=O) groups is 2. The van der Waals surface area contributed by atoms with Crippen LogP contribution in [0, 0.1) is 11.8 Å². The van der Waals surface area contributed by atoms with Crippen LogP contribution < -0.4 is 5.32 Å². The molecule has 0 aromatic heterocycles.